The largest absolute Gasteiger partial charge is 0.486 e. The average Bonchev–Trinajstić information content (AvgIpc) is 2.90. The maximum absolute atomic E-state index is 12.9. The van der Waals surface area contributed by atoms with Crippen molar-refractivity contribution in [3.05, 3.63) is 83.6 Å². The van der Waals surface area contributed by atoms with Crippen LogP contribution in [-0.2, 0) is 11.0 Å². The van der Waals surface area contributed by atoms with Gasteiger partial charge in [-0.3, -0.25) is 14.6 Å². The number of pyridine rings is 1. The number of nitrogens with zero attached hydrogens (tertiary/aromatic N) is 1. The molecule has 0 aliphatic rings. The van der Waals surface area contributed by atoms with E-state index in [1.54, 1.807) is 36.5 Å². The minimum atomic E-state index is -4.39. The van der Waals surface area contributed by atoms with E-state index in [9.17, 15) is 22.8 Å². The summed E-state index contributed by atoms with van der Waals surface area (Å²) in [7, 11) is 0. The van der Waals surface area contributed by atoms with Crippen LogP contribution in [0, 0.1) is 0 Å². The van der Waals surface area contributed by atoms with Crippen LogP contribution in [0.1, 0.15) is 73.0 Å². The zero-order valence-corrected chi connectivity index (χ0v) is 21.1. The summed E-state index contributed by atoms with van der Waals surface area (Å²) in [5, 5.41) is 11.3. The van der Waals surface area contributed by atoms with E-state index in [0.29, 0.717) is 22.6 Å². The van der Waals surface area contributed by atoms with Gasteiger partial charge in [0, 0.05) is 29.4 Å². The van der Waals surface area contributed by atoms with E-state index in [2.05, 4.69) is 17.2 Å². The van der Waals surface area contributed by atoms with Crippen molar-refractivity contribution in [2.45, 2.75) is 57.7 Å². The molecule has 1 amide bonds. The first kappa shape index (κ1) is 28.7. The molecule has 0 fully saturated rings. The minimum absolute atomic E-state index is 0.0434. The molecule has 3 rings (SSSR count). The minimum Gasteiger partial charge on any atom is -0.486 e. The Bertz CT molecular complexity index is 1180. The zero-order valence-electron chi connectivity index (χ0n) is 21.1. The number of carbonyl (C=O) groups excluding carboxylic acids is 1. The number of aliphatic carboxylic acids is 1. The number of carboxylic acid groups (broad SMARTS) is 1. The summed E-state index contributed by atoms with van der Waals surface area (Å²) in [6, 6.07) is 15.1. The first-order valence-electron chi connectivity index (χ1n) is 12.6. The van der Waals surface area contributed by atoms with Crippen LogP contribution in [0.15, 0.2) is 66.9 Å². The Hall–Kier alpha value is -3.88. The van der Waals surface area contributed by atoms with E-state index in [0.717, 1.165) is 49.8 Å². The summed E-state index contributed by atoms with van der Waals surface area (Å²) in [5.74, 6) is -0.780. The number of benzene rings is 2. The maximum atomic E-state index is 12.9. The molecule has 0 saturated heterocycles. The molecule has 6 nitrogen and oxygen atoms in total. The van der Waals surface area contributed by atoms with Gasteiger partial charge in [0.15, 0.2) is 0 Å². The second-order valence-electron chi connectivity index (χ2n) is 8.93. The fraction of sp³-hybridized carbons (Fsp3) is 0.345. The summed E-state index contributed by atoms with van der Waals surface area (Å²) >= 11 is 0. The number of nitrogens with one attached hydrogen (secondary N) is 1. The van der Waals surface area contributed by atoms with Gasteiger partial charge in [-0.2, -0.15) is 13.2 Å². The Morgan fingerprint density at radius 3 is 2.26 bits per heavy atom. The first-order valence-corrected chi connectivity index (χ1v) is 12.6. The number of rotatable bonds is 13. The fourth-order valence-corrected chi connectivity index (χ4v) is 3.88. The molecule has 9 heteroatoms. The SMILES string of the molecule is CCCCCCC(Oc1ccc(C(=O)NCCC(=O)O)cc1)c1ccc(-c2ccc(C(F)(F)F)cc2)nc1. The van der Waals surface area contributed by atoms with Gasteiger partial charge in [0.25, 0.3) is 5.91 Å². The molecule has 1 aromatic heterocycles. The molecule has 0 aliphatic heterocycles. The summed E-state index contributed by atoms with van der Waals surface area (Å²) in [6.45, 7) is 2.18. The van der Waals surface area contributed by atoms with Crippen LogP contribution in [0.2, 0.25) is 0 Å². The Labute approximate surface area is 219 Å². The molecule has 0 radical (unpaired) electrons. The quantitative estimate of drug-likeness (QED) is 0.232. The molecule has 0 saturated carbocycles. The van der Waals surface area contributed by atoms with Crippen molar-refractivity contribution in [3.63, 3.8) is 0 Å². The molecule has 0 aliphatic carbocycles. The lowest BCUT2D eigenvalue weighted by Crippen LogP contribution is -2.25. The topological polar surface area (TPSA) is 88.5 Å². The van der Waals surface area contributed by atoms with Crippen molar-refractivity contribution >= 4 is 11.9 Å². The van der Waals surface area contributed by atoms with Gasteiger partial charge in [-0.25, -0.2) is 0 Å². The van der Waals surface area contributed by atoms with Crippen molar-refractivity contribution in [1.29, 1.82) is 0 Å². The first-order chi connectivity index (χ1) is 18.2. The number of ether oxygens (including phenoxy) is 1. The van der Waals surface area contributed by atoms with Gasteiger partial charge in [-0.05, 0) is 55.3 Å². The summed E-state index contributed by atoms with van der Waals surface area (Å²) in [5.41, 5.74) is 1.67. The molecule has 1 unspecified atom stereocenters. The van der Waals surface area contributed by atoms with E-state index in [1.165, 1.54) is 12.1 Å². The third kappa shape index (κ3) is 8.61. The number of carboxylic acids is 1. The molecule has 2 aromatic carbocycles. The third-order valence-electron chi connectivity index (χ3n) is 6.01. The summed E-state index contributed by atoms with van der Waals surface area (Å²) < 4.78 is 44.8. The summed E-state index contributed by atoms with van der Waals surface area (Å²) in [4.78, 5) is 27.3. The Kier molecular flexibility index (Phi) is 10.3. The van der Waals surface area contributed by atoms with E-state index < -0.39 is 17.7 Å². The van der Waals surface area contributed by atoms with E-state index in [4.69, 9.17) is 9.84 Å². The number of amides is 1. The van der Waals surface area contributed by atoms with Crippen LogP contribution in [0.4, 0.5) is 13.2 Å². The van der Waals surface area contributed by atoms with Gasteiger partial charge in [-0.15, -0.1) is 0 Å². The lowest BCUT2D eigenvalue weighted by Gasteiger charge is -2.20. The molecular weight excluding hydrogens is 497 g/mol. The lowest BCUT2D eigenvalue weighted by atomic mass is 10.0. The number of halogens is 3. The van der Waals surface area contributed by atoms with Gasteiger partial charge in [0.1, 0.15) is 11.9 Å². The summed E-state index contributed by atoms with van der Waals surface area (Å²) in [6.07, 6.45) is 1.82. The van der Waals surface area contributed by atoms with Crippen LogP contribution >= 0.6 is 0 Å². The van der Waals surface area contributed by atoms with Crippen LogP contribution < -0.4 is 10.1 Å². The van der Waals surface area contributed by atoms with Crippen LogP contribution in [0.25, 0.3) is 11.3 Å². The van der Waals surface area contributed by atoms with Crippen molar-refractivity contribution in [2.24, 2.45) is 0 Å². The fourth-order valence-electron chi connectivity index (χ4n) is 3.88. The number of aromatic nitrogens is 1. The predicted octanol–water partition coefficient (Wildman–Crippen LogP) is 7.06. The molecule has 0 spiro atoms. The second kappa shape index (κ2) is 13.6. The highest BCUT2D eigenvalue weighted by atomic mass is 19.4. The number of hydrogen-bond donors (Lipinski definition) is 2. The molecule has 38 heavy (non-hydrogen) atoms. The maximum Gasteiger partial charge on any atom is 0.416 e. The zero-order chi connectivity index (χ0) is 27.5. The number of unbranched alkanes of at least 4 members (excludes halogenated alkanes) is 3. The normalized spacial score (nSPS) is 12.1. The van der Waals surface area contributed by atoms with Crippen LogP contribution in [0.3, 0.4) is 0 Å². The lowest BCUT2D eigenvalue weighted by molar-refractivity contribution is -0.138. The Balaban J connectivity index is 1.71. The number of carbonyl (C=O) groups is 2. The van der Waals surface area contributed by atoms with Gasteiger partial charge in [0.2, 0.25) is 0 Å². The predicted molar refractivity (Wildman–Crippen MR) is 138 cm³/mol. The second-order valence-corrected chi connectivity index (χ2v) is 8.93. The van der Waals surface area contributed by atoms with E-state index in [-0.39, 0.29) is 25.0 Å². The van der Waals surface area contributed by atoms with Crippen LogP contribution in [-0.4, -0.2) is 28.5 Å². The van der Waals surface area contributed by atoms with Gasteiger partial charge < -0.3 is 15.2 Å². The molecule has 2 N–H and O–H groups in total. The molecular formula is C29H31F3N2O4. The molecule has 0 bridgehead atoms. The molecule has 3 aromatic rings. The monoisotopic (exact) mass is 528 g/mol. The van der Waals surface area contributed by atoms with Crippen molar-refractivity contribution in [2.75, 3.05) is 6.54 Å². The smallest absolute Gasteiger partial charge is 0.416 e. The standard InChI is InChI=1S/C29H31F3N2O4/c1-2-3-4-5-6-26(38-24-14-9-21(10-15-24)28(37)33-18-17-27(35)36)22-11-16-25(34-19-22)20-7-12-23(13-8-20)29(30,31)32/h7-16,19,26H,2-6,17-18H2,1H3,(H,33,37)(H,35,36). The van der Waals surface area contributed by atoms with Gasteiger partial charge in [-0.1, -0.05) is 44.4 Å². The molecule has 1 atom stereocenters. The van der Waals surface area contributed by atoms with Crippen molar-refractivity contribution < 1.29 is 32.6 Å². The van der Waals surface area contributed by atoms with Gasteiger partial charge in [0.05, 0.1) is 17.7 Å². The van der Waals surface area contributed by atoms with E-state index >= 15 is 0 Å². The van der Waals surface area contributed by atoms with Crippen LogP contribution in [0.5, 0.6) is 5.75 Å². The molecule has 1 heterocycles. The molecule has 202 valence electrons. The van der Waals surface area contributed by atoms with Crippen molar-refractivity contribution in [3.8, 4) is 17.0 Å². The third-order valence-corrected chi connectivity index (χ3v) is 6.01. The van der Waals surface area contributed by atoms with E-state index in [1.807, 2.05) is 6.07 Å². The Morgan fingerprint density at radius 2 is 1.68 bits per heavy atom. The Morgan fingerprint density at radius 1 is 0.974 bits per heavy atom. The number of alkyl halides is 3. The number of hydrogen-bond acceptors (Lipinski definition) is 4. The van der Waals surface area contributed by atoms with Crippen molar-refractivity contribution in [1.82, 2.24) is 10.3 Å². The van der Waals surface area contributed by atoms with Gasteiger partial charge >= 0.3 is 12.1 Å². The highest BCUT2D eigenvalue weighted by Crippen LogP contribution is 2.32. The highest BCUT2D eigenvalue weighted by molar-refractivity contribution is 5.94. The average molecular weight is 529 g/mol. The highest BCUT2D eigenvalue weighted by Gasteiger charge is 2.30.